The number of carbonyl (C=O) groups excluding carboxylic acids is 1. The third-order valence-electron chi connectivity index (χ3n) is 4.30. The Morgan fingerprint density at radius 3 is 2.72 bits per heavy atom. The van der Waals surface area contributed by atoms with E-state index in [1.807, 2.05) is 18.5 Å². The van der Waals surface area contributed by atoms with E-state index in [9.17, 15) is 14.7 Å². The van der Waals surface area contributed by atoms with Crippen molar-refractivity contribution in [3.63, 3.8) is 0 Å². The van der Waals surface area contributed by atoms with E-state index in [4.69, 9.17) is 4.74 Å². The van der Waals surface area contributed by atoms with Crippen LogP contribution in [0.25, 0.3) is 11.0 Å². The summed E-state index contributed by atoms with van der Waals surface area (Å²) in [4.78, 5) is 30.2. The highest BCUT2D eigenvalue weighted by Crippen LogP contribution is 2.22. The molecule has 1 aliphatic heterocycles. The van der Waals surface area contributed by atoms with Gasteiger partial charge in [-0.3, -0.25) is 4.79 Å². The molecule has 0 spiro atoms. The molecular weight excluding hydrogens is 324 g/mol. The number of pyridine rings is 1. The smallest absolute Gasteiger partial charge is 0.334 e. The van der Waals surface area contributed by atoms with Crippen molar-refractivity contribution in [3.8, 4) is 0 Å². The van der Waals surface area contributed by atoms with Gasteiger partial charge in [0.2, 0.25) is 0 Å². The molecule has 0 bridgehead atoms. The highest BCUT2D eigenvalue weighted by atomic mass is 16.5. The summed E-state index contributed by atoms with van der Waals surface area (Å²) >= 11 is 0. The summed E-state index contributed by atoms with van der Waals surface area (Å²) in [5.74, 6) is -1.29. The van der Waals surface area contributed by atoms with Gasteiger partial charge in [-0.15, -0.1) is 0 Å². The topological polar surface area (TPSA) is 97.6 Å². The molecule has 0 radical (unpaired) electrons. The molecule has 0 saturated carbocycles. The van der Waals surface area contributed by atoms with Crippen molar-refractivity contribution >= 4 is 22.9 Å². The molecule has 2 aromatic rings. The monoisotopic (exact) mass is 346 g/mol. The van der Waals surface area contributed by atoms with E-state index < -0.39 is 12.1 Å². The second kappa shape index (κ2) is 6.44. The average molecular weight is 346 g/mol. The van der Waals surface area contributed by atoms with Crippen molar-refractivity contribution in [3.05, 3.63) is 23.5 Å². The van der Waals surface area contributed by atoms with Crippen LogP contribution in [0.2, 0.25) is 0 Å². The van der Waals surface area contributed by atoms with Crippen molar-refractivity contribution in [1.29, 1.82) is 0 Å². The molecule has 3 heterocycles. The minimum absolute atomic E-state index is 0.0290. The number of morpholine rings is 1. The Hall–Kier alpha value is -2.48. The molecule has 1 saturated heterocycles. The lowest BCUT2D eigenvalue weighted by Gasteiger charge is -2.35. The van der Waals surface area contributed by atoms with Crippen molar-refractivity contribution in [1.82, 2.24) is 19.7 Å². The van der Waals surface area contributed by atoms with Crippen LogP contribution in [0, 0.1) is 6.92 Å². The first-order valence-corrected chi connectivity index (χ1v) is 8.30. The molecule has 0 aliphatic carbocycles. The van der Waals surface area contributed by atoms with Crippen LogP contribution < -0.4 is 0 Å². The van der Waals surface area contributed by atoms with Gasteiger partial charge in [0.05, 0.1) is 30.1 Å². The fourth-order valence-electron chi connectivity index (χ4n) is 3.08. The molecule has 1 amide bonds. The van der Waals surface area contributed by atoms with Gasteiger partial charge in [-0.1, -0.05) is 0 Å². The standard InChI is InChI=1S/C17H22N4O4/c1-9(2)21-15-12(6-18-21)5-13(11(4)19-15)16(22)20-7-10(3)25-14(8-20)17(23)24/h5-6,9-10,14H,7-8H2,1-4H3,(H,23,24)/t10-,14?/m1/s1. The summed E-state index contributed by atoms with van der Waals surface area (Å²) in [5, 5.41) is 14.3. The zero-order valence-corrected chi connectivity index (χ0v) is 14.8. The van der Waals surface area contributed by atoms with Crippen LogP contribution in [0.15, 0.2) is 12.3 Å². The van der Waals surface area contributed by atoms with Crippen LogP contribution in [0.4, 0.5) is 0 Å². The lowest BCUT2D eigenvalue weighted by atomic mass is 10.1. The number of nitrogens with zero attached hydrogens (tertiary/aromatic N) is 4. The average Bonchev–Trinajstić information content (AvgIpc) is 2.95. The fourth-order valence-corrected chi connectivity index (χ4v) is 3.08. The molecule has 134 valence electrons. The molecule has 0 aromatic carbocycles. The second-order valence-electron chi connectivity index (χ2n) is 6.70. The lowest BCUT2D eigenvalue weighted by molar-refractivity contribution is -0.160. The van der Waals surface area contributed by atoms with Crippen LogP contribution in [-0.2, 0) is 9.53 Å². The Labute approximate surface area is 145 Å². The van der Waals surface area contributed by atoms with Crippen LogP contribution in [0.3, 0.4) is 0 Å². The Bertz CT molecular complexity index is 829. The zero-order chi connectivity index (χ0) is 18.3. The largest absolute Gasteiger partial charge is 0.479 e. The van der Waals surface area contributed by atoms with Gasteiger partial charge in [0.15, 0.2) is 11.8 Å². The molecule has 2 atom stereocenters. The summed E-state index contributed by atoms with van der Waals surface area (Å²) in [7, 11) is 0. The first-order chi connectivity index (χ1) is 11.8. The SMILES string of the molecule is Cc1nc2c(cnn2C(C)C)cc1C(=O)N1CC(C(=O)O)O[C@H](C)C1. The molecular formula is C17H22N4O4. The Balaban J connectivity index is 1.94. The number of ether oxygens (including phenoxy) is 1. The van der Waals surface area contributed by atoms with Gasteiger partial charge in [0.1, 0.15) is 0 Å². The normalized spacial score (nSPS) is 21.1. The maximum Gasteiger partial charge on any atom is 0.334 e. The quantitative estimate of drug-likeness (QED) is 0.907. The van der Waals surface area contributed by atoms with E-state index in [1.54, 1.807) is 26.1 Å². The predicted octanol–water partition coefficient (Wildman–Crippen LogP) is 1.63. The lowest BCUT2D eigenvalue weighted by Crippen LogP contribution is -2.51. The molecule has 1 unspecified atom stereocenters. The Morgan fingerprint density at radius 1 is 1.36 bits per heavy atom. The van der Waals surface area contributed by atoms with Crippen molar-refractivity contribution in [2.24, 2.45) is 0 Å². The van der Waals surface area contributed by atoms with Crippen LogP contribution >= 0.6 is 0 Å². The van der Waals surface area contributed by atoms with Crippen molar-refractivity contribution in [2.45, 2.75) is 45.9 Å². The minimum Gasteiger partial charge on any atom is -0.479 e. The molecule has 8 heteroatoms. The summed E-state index contributed by atoms with van der Waals surface area (Å²) < 4.78 is 7.19. The highest BCUT2D eigenvalue weighted by molar-refractivity contribution is 5.98. The maximum atomic E-state index is 12.9. The number of fused-ring (bicyclic) bond motifs is 1. The molecule has 1 N–H and O–H groups in total. The fraction of sp³-hybridized carbons (Fsp3) is 0.529. The van der Waals surface area contributed by atoms with E-state index >= 15 is 0 Å². The molecule has 1 fully saturated rings. The van der Waals surface area contributed by atoms with Crippen LogP contribution in [0.5, 0.6) is 0 Å². The first-order valence-electron chi connectivity index (χ1n) is 8.30. The molecule has 1 aliphatic rings. The molecule has 8 nitrogen and oxygen atoms in total. The van der Waals surface area contributed by atoms with Gasteiger partial charge in [-0.2, -0.15) is 5.10 Å². The molecule has 3 rings (SSSR count). The van der Waals surface area contributed by atoms with E-state index in [0.717, 1.165) is 11.0 Å². The summed E-state index contributed by atoms with van der Waals surface area (Å²) in [6.07, 6.45) is 0.355. The van der Waals surface area contributed by atoms with Crippen LogP contribution in [-0.4, -0.2) is 61.9 Å². The van der Waals surface area contributed by atoms with E-state index in [0.29, 0.717) is 17.8 Å². The van der Waals surface area contributed by atoms with E-state index in [1.165, 1.54) is 4.90 Å². The summed E-state index contributed by atoms with van der Waals surface area (Å²) in [5.41, 5.74) is 1.81. The van der Waals surface area contributed by atoms with Crippen molar-refractivity contribution < 1.29 is 19.4 Å². The Kier molecular flexibility index (Phi) is 4.47. The second-order valence-corrected chi connectivity index (χ2v) is 6.70. The number of aliphatic carboxylic acids is 1. The predicted molar refractivity (Wildman–Crippen MR) is 90.5 cm³/mol. The summed E-state index contributed by atoms with van der Waals surface area (Å²) in [6, 6.07) is 1.95. The van der Waals surface area contributed by atoms with Crippen molar-refractivity contribution in [2.75, 3.05) is 13.1 Å². The minimum atomic E-state index is -1.06. The molecule has 25 heavy (non-hydrogen) atoms. The van der Waals surface area contributed by atoms with Gasteiger partial charge in [0.25, 0.3) is 5.91 Å². The maximum absolute atomic E-state index is 12.9. The van der Waals surface area contributed by atoms with Gasteiger partial charge in [-0.05, 0) is 33.8 Å². The molecule has 2 aromatic heterocycles. The first kappa shape index (κ1) is 17.3. The number of aryl methyl sites for hydroxylation is 1. The number of carbonyl (C=O) groups is 2. The number of amides is 1. The van der Waals surface area contributed by atoms with Gasteiger partial charge < -0.3 is 14.7 Å². The number of carboxylic acids is 1. The summed E-state index contributed by atoms with van der Waals surface area (Å²) in [6.45, 7) is 7.96. The number of aromatic nitrogens is 3. The number of hydrogen-bond donors (Lipinski definition) is 1. The van der Waals surface area contributed by atoms with Gasteiger partial charge in [0, 0.05) is 18.0 Å². The van der Waals surface area contributed by atoms with Gasteiger partial charge >= 0.3 is 5.97 Å². The Morgan fingerprint density at radius 2 is 2.08 bits per heavy atom. The zero-order valence-electron chi connectivity index (χ0n) is 14.8. The third-order valence-corrected chi connectivity index (χ3v) is 4.30. The number of carboxylic acid groups (broad SMARTS) is 1. The number of rotatable bonds is 3. The van der Waals surface area contributed by atoms with E-state index in [-0.39, 0.29) is 24.6 Å². The van der Waals surface area contributed by atoms with Crippen LogP contribution in [0.1, 0.15) is 42.9 Å². The number of hydrogen-bond acceptors (Lipinski definition) is 5. The van der Waals surface area contributed by atoms with E-state index in [2.05, 4.69) is 10.1 Å². The third kappa shape index (κ3) is 3.21. The highest BCUT2D eigenvalue weighted by Gasteiger charge is 2.33. The van der Waals surface area contributed by atoms with Gasteiger partial charge in [-0.25, -0.2) is 14.5 Å².